The molecular formula is C20H15F4NO4. The van der Waals surface area contributed by atoms with Gasteiger partial charge in [0.25, 0.3) is 5.91 Å². The average Bonchev–Trinajstić information content (AvgIpc) is 2.94. The van der Waals surface area contributed by atoms with Crippen LogP contribution in [0.1, 0.15) is 40.9 Å². The predicted molar refractivity (Wildman–Crippen MR) is 95.0 cm³/mol. The zero-order valence-electron chi connectivity index (χ0n) is 15.3. The third-order valence-electron chi connectivity index (χ3n) is 4.83. The van der Waals surface area contributed by atoms with Gasteiger partial charge in [-0.15, -0.1) is 0 Å². The summed E-state index contributed by atoms with van der Waals surface area (Å²) < 4.78 is 56.4. The molecule has 2 N–H and O–H groups in total. The van der Waals surface area contributed by atoms with Crippen molar-refractivity contribution in [3.8, 4) is 5.75 Å². The van der Waals surface area contributed by atoms with Gasteiger partial charge in [-0.25, -0.2) is 17.6 Å². The second-order valence-electron chi connectivity index (χ2n) is 6.48. The van der Waals surface area contributed by atoms with Gasteiger partial charge in [0.05, 0.1) is 11.4 Å². The molecule has 1 aromatic heterocycles. The zero-order chi connectivity index (χ0) is 21.6. The first-order chi connectivity index (χ1) is 13.6. The van der Waals surface area contributed by atoms with E-state index in [0.717, 1.165) is 16.7 Å². The lowest BCUT2D eigenvalue weighted by molar-refractivity contribution is -0.138. The number of phenols is 1. The molecule has 152 valence electrons. The van der Waals surface area contributed by atoms with Crippen molar-refractivity contribution < 1.29 is 37.4 Å². The van der Waals surface area contributed by atoms with E-state index < -0.39 is 52.2 Å². The van der Waals surface area contributed by atoms with Crippen molar-refractivity contribution in [2.75, 3.05) is 0 Å². The maximum absolute atomic E-state index is 14.7. The largest absolute Gasteiger partial charge is 0.503 e. The molecule has 0 amide bonds. The van der Waals surface area contributed by atoms with Crippen LogP contribution in [-0.2, 0) is 4.79 Å². The van der Waals surface area contributed by atoms with Crippen molar-refractivity contribution in [2.45, 2.75) is 26.2 Å². The number of nitrogens with zero attached hydrogens (tertiary/aromatic N) is 1. The molecule has 5 nitrogen and oxygen atoms in total. The number of benzene rings is 2. The number of hydrogen-bond donors (Lipinski definition) is 2. The van der Waals surface area contributed by atoms with Gasteiger partial charge in [0.2, 0.25) is 0 Å². The first kappa shape index (κ1) is 20.4. The number of fused-ring (bicyclic) bond motifs is 1. The summed E-state index contributed by atoms with van der Waals surface area (Å²) in [5.41, 5.74) is -0.779. The summed E-state index contributed by atoms with van der Waals surface area (Å²) in [6.45, 7) is 2.85. The number of carbonyl (C=O) groups excluding carboxylic acids is 1. The van der Waals surface area contributed by atoms with E-state index in [1.54, 1.807) is 0 Å². The monoisotopic (exact) mass is 409 g/mol. The van der Waals surface area contributed by atoms with E-state index in [-0.39, 0.29) is 28.8 Å². The topological polar surface area (TPSA) is 79.5 Å². The molecule has 0 fully saturated rings. The Bertz CT molecular complexity index is 1170. The smallest absolute Gasteiger partial charge is 0.311 e. The van der Waals surface area contributed by atoms with Crippen LogP contribution in [0.5, 0.6) is 5.75 Å². The molecule has 0 aliphatic heterocycles. The van der Waals surface area contributed by atoms with E-state index in [1.165, 1.54) is 13.8 Å². The summed E-state index contributed by atoms with van der Waals surface area (Å²) in [6.07, 6.45) is 0.0201. The minimum Gasteiger partial charge on any atom is -0.503 e. The summed E-state index contributed by atoms with van der Waals surface area (Å²) >= 11 is 0. The Kier molecular flexibility index (Phi) is 5.08. The number of aromatic hydroxyl groups is 1. The fourth-order valence-corrected chi connectivity index (χ4v) is 3.46. The van der Waals surface area contributed by atoms with Gasteiger partial charge in [0.15, 0.2) is 29.0 Å². The third-order valence-corrected chi connectivity index (χ3v) is 4.83. The molecule has 0 unspecified atom stereocenters. The number of carboxylic acid groups (broad SMARTS) is 1. The van der Waals surface area contributed by atoms with Crippen LogP contribution in [0.2, 0.25) is 0 Å². The minimum absolute atomic E-state index is 0.0201. The average molecular weight is 409 g/mol. The van der Waals surface area contributed by atoms with Gasteiger partial charge in [-0.1, -0.05) is 6.92 Å². The highest BCUT2D eigenvalue weighted by atomic mass is 19.2. The van der Waals surface area contributed by atoms with E-state index in [9.17, 15) is 37.4 Å². The van der Waals surface area contributed by atoms with Gasteiger partial charge in [-0.05, 0) is 37.1 Å². The summed E-state index contributed by atoms with van der Waals surface area (Å²) in [6, 6.07) is 3.04. The van der Waals surface area contributed by atoms with Gasteiger partial charge in [0.1, 0.15) is 0 Å². The number of carbonyl (C=O) groups is 2. The number of carboxylic acids is 1. The molecule has 29 heavy (non-hydrogen) atoms. The fourth-order valence-electron chi connectivity index (χ4n) is 3.46. The molecule has 0 saturated heterocycles. The van der Waals surface area contributed by atoms with Crippen LogP contribution in [0, 0.1) is 30.2 Å². The van der Waals surface area contributed by atoms with Crippen LogP contribution >= 0.6 is 0 Å². The highest BCUT2D eigenvalue weighted by Gasteiger charge is 2.32. The van der Waals surface area contributed by atoms with E-state index in [1.807, 2.05) is 0 Å². The molecule has 2 aromatic carbocycles. The lowest BCUT2D eigenvalue weighted by Crippen LogP contribution is -2.16. The van der Waals surface area contributed by atoms with Crippen molar-refractivity contribution in [3.63, 3.8) is 0 Å². The summed E-state index contributed by atoms with van der Waals surface area (Å²) in [5, 5.41) is 18.7. The summed E-state index contributed by atoms with van der Waals surface area (Å²) in [5.74, 6) is -10.1. The molecule has 0 spiro atoms. The van der Waals surface area contributed by atoms with Crippen LogP contribution in [0.4, 0.5) is 17.6 Å². The standard InChI is InChI=1S/C20H15F4NO4/c1-3-10(20(28)29)15-8(2)25(14-7-13(23)18(26)17(24)16(14)15)19(27)9-4-5-11(21)12(22)6-9/h4-7,10,26H,3H2,1-2H3,(H,28,29)/t10-/m0/s1. The van der Waals surface area contributed by atoms with Crippen LogP contribution in [0.15, 0.2) is 24.3 Å². The van der Waals surface area contributed by atoms with Gasteiger partial charge in [-0.2, -0.15) is 0 Å². The molecule has 1 heterocycles. The molecule has 0 saturated carbocycles. The first-order valence-corrected chi connectivity index (χ1v) is 8.54. The number of phenolic OH excluding ortho intramolecular Hbond substituents is 1. The van der Waals surface area contributed by atoms with Crippen LogP contribution in [-0.4, -0.2) is 26.7 Å². The van der Waals surface area contributed by atoms with E-state index in [2.05, 4.69) is 0 Å². The Hall–Kier alpha value is -3.36. The van der Waals surface area contributed by atoms with Crippen molar-refractivity contribution >= 4 is 22.8 Å². The highest BCUT2D eigenvalue weighted by molar-refractivity contribution is 6.05. The van der Waals surface area contributed by atoms with Gasteiger partial charge in [-0.3, -0.25) is 14.2 Å². The van der Waals surface area contributed by atoms with Crippen molar-refractivity contribution in [3.05, 3.63) is 64.4 Å². The molecule has 3 rings (SSSR count). The van der Waals surface area contributed by atoms with Gasteiger partial charge in [0, 0.05) is 22.7 Å². The SMILES string of the molecule is CC[C@H](C(=O)O)c1c(C)n(C(=O)c2ccc(F)c(F)c2)c2cc(F)c(O)c(F)c12. The number of rotatable bonds is 4. The van der Waals surface area contributed by atoms with E-state index in [4.69, 9.17) is 0 Å². The Labute approximate surface area is 161 Å². The third kappa shape index (κ3) is 3.12. The Morgan fingerprint density at radius 2 is 1.72 bits per heavy atom. The zero-order valence-corrected chi connectivity index (χ0v) is 15.3. The minimum atomic E-state index is -1.41. The lowest BCUT2D eigenvalue weighted by atomic mass is 9.93. The van der Waals surface area contributed by atoms with Gasteiger partial charge >= 0.3 is 5.97 Å². The molecule has 0 radical (unpaired) electrons. The molecule has 0 aliphatic rings. The second-order valence-corrected chi connectivity index (χ2v) is 6.48. The number of aliphatic carboxylic acids is 1. The highest BCUT2D eigenvalue weighted by Crippen LogP contribution is 2.39. The van der Waals surface area contributed by atoms with Crippen LogP contribution in [0.25, 0.3) is 10.9 Å². The van der Waals surface area contributed by atoms with Crippen LogP contribution < -0.4 is 0 Å². The normalized spacial score (nSPS) is 12.3. The molecule has 3 aromatic rings. The molecular weight excluding hydrogens is 394 g/mol. The summed E-state index contributed by atoms with van der Waals surface area (Å²) in [7, 11) is 0. The Morgan fingerprint density at radius 3 is 2.28 bits per heavy atom. The van der Waals surface area contributed by atoms with E-state index >= 15 is 0 Å². The Balaban J connectivity index is 2.41. The summed E-state index contributed by atoms with van der Waals surface area (Å²) in [4.78, 5) is 24.6. The van der Waals surface area contributed by atoms with Crippen molar-refractivity contribution in [2.24, 2.45) is 0 Å². The molecule has 0 bridgehead atoms. The second kappa shape index (κ2) is 7.23. The molecule has 9 heteroatoms. The van der Waals surface area contributed by atoms with Crippen molar-refractivity contribution in [1.29, 1.82) is 0 Å². The fraction of sp³-hybridized carbons (Fsp3) is 0.200. The quantitative estimate of drug-likeness (QED) is 0.623. The maximum atomic E-state index is 14.7. The number of aromatic nitrogens is 1. The van der Waals surface area contributed by atoms with Crippen molar-refractivity contribution in [1.82, 2.24) is 4.57 Å². The van der Waals surface area contributed by atoms with Crippen LogP contribution in [0.3, 0.4) is 0 Å². The molecule has 1 atom stereocenters. The lowest BCUT2D eigenvalue weighted by Gasteiger charge is -2.12. The molecule has 0 aliphatic carbocycles. The van der Waals surface area contributed by atoms with E-state index in [0.29, 0.717) is 12.1 Å². The Morgan fingerprint density at radius 1 is 1.07 bits per heavy atom. The number of hydrogen-bond acceptors (Lipinski definition) is 3. The maximum Gasteiger partial charge on any atom is 0.311 e. The van der Waals surface area contributed by atoms with Gasteiger partial charge < -0.3 is 10.2 Å². The predicted octanol–water partition coefficient (Wildman–Crippen LogP) is 4.48. The number of halogens is 4. The first-order valence-electron chi connectivity index (χ1n) is 8.54.